The van der Waals surface area contributed by atoms with E-state index in [4.69, 9.17) is 9.97 Å². The second kappa shape index (κ2) is 11.5. The van der Waals surface area contributed by atoms with Crippen molar-refractivity contribution in [3.05, 3.63) is 181 Å². The molecule has 0 aliphatic carbocycles. The van der Waals surface area contributed by atoms with Gasteiger partial charge in [0.1, 0.15) is 0 Å². The standard InChI is InChI=1S/C53H34N4S/c1-53(2)41-23-13-22-39-37-27-26-34(30-44(37)56(50(39)41)45-29-33-17-7-6-16-32(33)28-42(45)53)35-20-12-21-38-36-18-8-10-24-43(36)57(49(35)38)52-54-47(31-14-4-3-5-15-31)51-48(55-52)40-19-9-11-25-46(40)58-51/h3-30H,1-2H3. The quantitative estimate of drug-likeness (QED) is 0.180. The first kappa shape index (κ1) is 32.1. The largest absolute Gasteiger partial charge is 0.309 e. The fraction of sp³-hybridized carbons (Fsp3) is 0.0566. The number of fused-ring (bicyclic) bond motifs is 12. The van der Waals surface area contributed by atoms with Crippen LogP contribution in [0, 0.1) is 0 Å². The molecule has 8 aromatic carbocycles. The van der Waals surface area contributed by atoms with E-state index < -0.39 is 0 Å². The predicted octanol–water partition coefficient (Wildman–Crippen LogP) is 14.2. The van der Waals surface area contributed by atoms with Crippen molar-refractivity contribution in [2.75, 3.05) is 0 Å². The minimum atomic E-state index is -0.161. The van der Waals surface area contributed by atoms with E-state index in [2.05, 4.69) is 193 Å². The Morgan fingerprint density at radius 2 is 1.17 bits per heavy atom. The summed E-state index contributed by atoms with van der Waals surface area (Å²) in [6.07, 6.45) is 0. The Balaban J connectivity index is 1.13. The normalized spacial score (nSPS) is 13.5. The van der Waals surface area contributed by atoms with Crippen molar-refractivity contribution < 1.29 is 0 Å². The van der Waals surface area contributed by atoms with Crippen molar-refractivity contribution in [2.24, 2.45) is 0 Å². The molecule has 0 fully saturated rings. The first-order valence-electron chi connectivity index (χ1n) is 19.9. The maximum atomic E-state index is 5.49. The molecule has 0 unspecified atom stereocenters. The van der Waals surface area contributed by atoms with Gasteiger partial charge in [-0.1, -0.05) is 153 Å². The van der Waals surface area contributed by atoms with Gasteiger partial charge in [-0.05, 0) is 57.8 Å². The van der Waals surface area contributed by atoms with E-state index in [1.165, 1.54) is 64.9 Å². The van der Waals surface area contributed by atoms with Crippen LogP contribution < -0.4 is 0 Å². The molecule has 1 aliphatic rings. The van der Waals surface area contributed by atoms with Gasteiger partial charge in [-0.3, -0.25) is 4.57 Å². The fourth-order valence-corrected chi connectivity index (χ4v) is 11.1. The van der Waals surface area contributed by atoms with Gasteiger partial charge >= 0.3 is 0 Å². The Morgan fingerprint density at radius 1 is 0.483 bits per heavy atom. The number of hydrogen-bond donors (Lipinski definition) is 0. The molecular weight excluding hydrogens is 725 g/mol. The summed E-state index contributed by atoms with van der Waals surface area (Å²) >= 11 is 1.77. The zero-order valence-electron chi connectivity index (χ0n) is 31.9. The molecule has 272 valence electrons. The molecule has 58 heavy (non-hydrogen) atoms. The van der Waals surface area contributed by atoms with E-state index in [9.17, 15) is 0 Å². The van der Waals surface area contributed by atoms with E-state index in [1.54, 1.807) is 11.3 Å². The minimum Gasteiger partial charge on any atom is -0.309 e. The van der Waals surface area contributed by atoms with Crippen molar-refractivity contribution in [1.82, 2.24) is 19.1 Å². The van der Waals surface area contributed by atoms with Crippen molar-refractivity contribution in [3.8, 4) is 34.0 Å². The number of benzene rings is 8. The molecule has 1 aliphatic heterocycles. The van der Waals surface area contributed by atoms with Crippen LogP contribution in [0.4, 0.5) is 0 Å². The molecule has 0 saturated heterocycles. The Hall–Kier alpha value is -7.08. The van der Waals surface area contributed by atoms with Crippen LogP contribution in [0.3, 0.4) is 0 Å². The van der Waals surface area contributed by atoms with E-state index in [0.29, 0.717) is 5.95 Å². The third-order valence-electron chi connectivity index (χ3n) is 12.7. The molecule has 0 saturated carbocycles. The maximum Gasteiger partial charge on any atom is 0.235 e. The summed E-state index contributed by atoms with van der Waals surface area (Å²) in [4.78, 5) is 11.0. The Bertz CT molecular complexity index is 3710. The van der Waals surface area contributed by atoms with Gasteiger partial charge in [0.15, 0.2) is 0 Å². The highest BCUT2D eigenvalue weighted by Crippen LogP contribution is 2.49. The van der Waals surface area contributed by atoms with Crippen LogP contribution in [-0.2, 0) is 5.41 Å². The fourth-order valence-electron chi connectivity index (χ4n) is 9.98. The van der Waals surface area contributed by atoms with Crippen LogP contribution >= 0.6 is 11.3 Å². The van der Waals surface area contributed by atoms with Gasteiger partial charge in [0.05, 0.1) is 43.7 Å². The Morgan fingerprint density at radius 3 is 2.03 bits per heavy atom. The molecule has 0 N–H and O–H groups in total. The summed E-state index contributed by atoms with van der Waals surface area (Å²) in [7, 11) is 0. The summed E-state index contributed by atoms with van der Waals surface area (Å²) in [5, 5.41) is 8.58. The van der Waals surface area contributed by atoms with Crippen molar-refractivity contribution in [3.63, 3.8) is 0 Å². The lowest BCUT2D eigenvalue weighted by atomic mass is 9.74. The van der Waals surface area contributed by atoms with Crippen LogP contribution in [0.1, 0.15) is 25.0 Å². The van der Waals surface area contributed by atoms with Crippen LogP contribution in [0.15, 0.2) is 170 Å². The van der Waals surface area contributed by atoms with E-state index in [0.717, 1.165) is 49.0 Å². The average Bonchev–Trinajstić information content (AvgIpc) is 3.93. The zero-order chi connectivity index (χ0) is 38.3. The van der Waals surface area contributed by atoms with Gasteiger partial charge in [0, 0.05) is 48.2 Å². The van der Waals surface area contributed by atoms with E-state index in [-0.39, 0.29) is 5.41 Å². The molecule has 4 aromatic heterocycles. The van der Waals surface area contributed by atoms with Gasteiger partial charge in [-0.25, -0.2) is 9.97 Å². The molecule has 5 heteroatoms. The average molecular weight is 759 g/mol. The molecule has 0 atom stereocenters. The highest BCUT2D eigenvalue weighted by Gasteiger charge is 2.35. The molecule has 0 spiro atoms. The number of rotatable bonds is 3. The molecule has 0 amide bonds. The Labute approximate surface area is 337 Å². The third-order valence-corrected chi connectivity index (χ3v) is 13.9. The van der Waals surface area contributed by atoms with Gasteiger partial charge in [-0.2, -0.15) is 0 Å². The van der Waals surface area contributed by atoms with Gasteiger partial charge in [0.25, 0.3) is 0 Å². The molecule has 0 radical (unpaired) electrons. The maximum absolute atomic E-state index is 5.49. The number of para-hydroxylation sites is 3. The molecule has 13 rings (SSSR count). The van der Waals surface area contributed by atoms with E-state index >= 15 is 0 Å². The van der Waals surface area contributed by atoms with Crippen molar-refractivity contribution >= 4 is 86.0 Å². The van der Waals surface area contributed by atoms with Crippen LogP contribution in [0.2, 0.25) is 0 Å². The topological polar surface area (TPSA) is 35.6 Å². The lowest BCUT2D eigenvalue weighted by Gasteiger charge is -2.35. The van der Waals surface area contributed by atoms with Gasteiger partial charge < -0.3 is 4.57 Å². The smallest absolute Gasteiger partial charge is 0.235 e. The van der Waals surface area contributed by atoms with E-state index in [1.807, 2.05) is 0 Å². The van der Waals surface area contributed by atoms with Crippen LogP contribution in [0.25, 0.3) is 109 Å². The zero-order valence-corrected chi connectivity index (χ0v) is 32.7. The van der Waals surface area contributed by atoms with Crippen molar-refractivity contribution in [1.29, 1.82) is 0 Å². The number of hydrogen-bond acceptors (Lipinski definition) is 3. The van der Waals surface area contributed by atoms with Crippen LogP contribution in [0.5, 0.6) is 0 Å². The summed E-state index contributed by atoms with van der Waals surface area (Å²) in [6, 6.07) is 62.0. The minimum absolute atomic E-state index is 0.161. The number of aromatic nitrogens is 4. The number of nitrogens with zero attached hydrogens (tertiary/aromatic N) is 4. The molecular formula is C53H34N4S. The molecule has 5 heterocycles. The Kier molecular flexibility index (Phi) is 6.36. The summed E-state index contributed by atoms with van der Waals surface area (Å²) < 4.78 is 7.16. The second-order valence-corrected chi connectivity index (χ2v) is 17.2. The third kappa shape index (κ3) is 4.23. The monoisotopic (exact) mass is 758 g/mol. The lowest BCUT2D eigenvalue weighted by Crippen LogP contribution is -2.26. The SMILES string of the molecule is CC1(C)c2cc3ccccc3cc2-n2c3cc(-c4cccc5c6ccccc6n(-c6nc(-c7ccccc7)c7sc8ccccc8c7n6)c45)ccc3c3cccc1c32. The lowest BCUT2D eigenvalue weighted by molar-refractivity contribution is 0.631. The highest BCUT2D eigenvalue weighted by atomic mass is 32.1. The van der Waals surface area contributed by atoms with Gasteiger partial charge in [0.2, 0.25) is 5.95 Å². The summed E-state index contributed by atoms with van der Waals surface area (Å²) in [5.74, 6) is 0.672. The molecule has 4 nitrogen and oxygen atoms in total. The highest BCUT2D eigenvalue weighted by molar-refractivity contribution is 7.26. The predicted molar refractivity (Wildman–Crippen MR) is 244 cm³/mol. The first-order valence-corrected chi connectivity index (χ1v) is 20.7. The van der Waals surface area contributed by atoms with Crippen LogP contribution in [-0.4, -0.2) is 19.1 Å². The summed E-state index contributed by atoms with van der Waals surface area (Å²) in [5.41, 5.74) is 13.8. The molecule has 12 aromatic rings. The number of thiophene rings is 1. The summed E-state index contributed by atoms with van der Waals surface area (Å²) in [6.45, 7) is 4.76. The first-order chi connectivity index (χ1) is 28.5. The van der Waals surface area contributed by atoms with Crippen molar-refractivity contribution in [2.45, 2.75) is 19.3 Å². The second-order valence-electron chi connectivity index (χ2n) is 16.2. The van der Waals surface area contributed by atoms with Gasteiger partial charge in [-0.15, -0.1) is 11.3 Å². The molecule has 0 bridgehead atoms.